The number of benzene rings is 1. The number of aromatic nitrogens is 1. The van der Waals surface area contributed by atoms with Crippen molar-refractivity contribution in [2.45, 2.75) is 25.8 Å². The van der Waals surface area contributed by atoms with Gasteiger partial charge in [-0.1, -0.05) is 0 Å². The van der Waals surface area contributed by atoms with Gasteiger partial charge in [0.15, 0.2) is 0 Å². The molecule has 0 aliphatic heterocycles. The normalized spacial score (nSPS) is 13.4. The Labute approximate surface area is 144 Å². The van der Waals surface area contributed by atoms with Crippen molar-refractivity contribution in [1.29, 1.82) is 0 Å². The van der Waals surface area contributed by atoms with Crippen LogP contribution in [0.25, 0.3) is 10.6 Å². The van der Waals surface area contributed by atoms with E-state index >= 15 is 0 Å². The summed E-state index contributed by atoms with van der Waals surface area (Å²) >= 11 is 1.39. The van der Waals surface area contributed by atoms with E-state index < -0.39 is 0 Å². The highest BCUT2D eigenvalue weighted by atomic mass is 32.1. The largest absolute Gasteiger partial charge is 0.494 e. The summed E-state index contributed by atoms with van der Waals surface area (Å²) in [6.45, 7) is 2.53. The van der Waals surface area contributed by atoms with Crippen molar-refractivity contribution in [2.24, 2.45) is 0 Å². The molecule has 7 heteroatoms. The topological polar surface area (TPSA) is 80.3 Å². The molecular formula is C17H19N3O3S. The van der Waals surface area contributed by atoms with E-state index in [0.29, 0.717) is 18.3 Å². The second-order valence-corrected chi connectivity index (χ2v) is 6.38. The van der Waals surface area contributed by atoms with Crippen LogP contribution >= 0.6 is 11.3 Å². The quantitative estimate of drug-likeness (QED) is 0.806. The molecule has 1 saturated carbocycles. The molecule has 6 nitrogen and oxygen atoms in total. The lowest BCUT2D eigenvalue weighted by atomic mass is 10.2. The Kier molecular flexibility index (Phi) is 5.10. The Bertz CT molecular complexity index is 723. The van der Waals surface area contributed by atoms with E-state index in [1.807, 2.05) is 31.2 Å². The first kappa shape index (κ1) is 16.4. The molecule has 0 spiro atoms. The highest BCUT2D eigenvalue weighted by Gasteiger charge is 2.23. The fourth-order valence-electron chi connectivity index (χ4n) is 2.13. The smallest absolute Gasteiger partial charge is 0.271 e. The summed E-state index contributed by atoms with van der Waals surface area (Å²) in [6, 6.07) is 7.87. The van der Waals surface area contributed by atoms with Crippen LogP contribution in [0.15, 0.2) is 29.6 Å². The number of nitrogens with zero attached hydrogens (tertiary/aromatic N) is 1. The Morgan fingerprint density at radius 2 is 2.04 bits per heavy atom. The molecule has 1 aliphatic rings. The third-order valence-corrected chi connectivity index (χ3v) is 4.39. The van der Waals surface area contributed by atoms with E-state index in [4.69, 9.17) is 4.74 Å². The fourth-order valence-corrected chi connectivity index (χ4v) is 2.93. The maximum atomic E-state index is 12.1. The van der Waals surface area contributed by atoms with Crippen LogP contribution < -0.4 is 15.4 Å². The summed E-state index contributed by atoms with van der Waals surface area (Å²) in [6.07, 6.45) is 2.05. The van der Waals surface area contributed by atoms with Gasteiger partial charge in [-0.25, -0.2) is 4.98 Å². The molecule has 2 aromatic rings. The molecule has 0 unspecified atom stereocenters. The van der Waals surface area contributed by atoms with Gasteiger partial charge in [-0.05, 0) is 44.0 Å². The van der Waals surface area contributed by atoms with Gasteiger partial charge >= 0.3 is 0 Å². The molecule has 0 radical (unpaired) electrons. The summed E-state index contributed by atoms with van der Waals surface area (Å²) in [5.74, 6) is 0.305. The SMILES string of the molecule is CCOc1ccc(-c2nc(C(=O)NCC(=O)NC3CC3)cs2)cc1. The zero-order valence-electron chi connectivity index (χ0n) is 13.4. The Morgan fingerprint density at radius 1 is 1.29 bits per heavy atom. The lowest BCUT2D eigenvalue weighted by molar-refractivity contribution is -0.120. The van der Waals surface area contributed by atoms with E-state index in [0.717, 1.165) is 29.2 Å². The van der Waals surface area contributed by atoms with Crippen molar-refractivity contribution < 1.29 is 14.3 Å². The third kappa shape index (κ3) is 4.32. The van der Waals surface area contributed by atoms with Crippen molar-refractivity contribution in [2.75, 3.05) is 13.2 Å². The van der Waals surface area contributed by atoms with Crippen molar-refractivity contribution in [3.8, 4) is 16.3 Å². The maximum absolute atomic E-state index is 12.1. The van der Waals surface area contributed by atoms with Crippen LogP contribution in [0.3, 0.4) is 0 Å². The van der Waals surface area contributed by atoms with Crippen LogP contribution in [-0.4, -0.2) is 36.0 Å². The number of carbonyl (C=O) groups is 2. The van der Waals surface area contributed by atoms with Crippen LogP contribution in [0.5, 0.6) is 5.75 Å². The van der Waals surface area contributed by atoms with E-state index in [1.165, 1.54) is 11.3 Å². The van der Waals surface area contributed by atoms with Crippen molar-refractivity contribution in [1.82, 2.24) is 15.6 Å². The molecule has 1 aromatic carbocycles. The van der Waals surface area contributed by atoms with E-state index in [9.17, 15) is 9.59 Å². The number of rotatable bonds is 7. The number of carbonyl (C=O) groups excluding carboxylic acids is 2. The van der Waals surface area contributed by atoms with Gasteiger partial charge in [0.1, 0.15) is 16.5 Å². The average Bonchev–Trinajstić information content (AvgIpc) is 3.25. The number of nitrogens with one attached hydrogen (secondary N) is 2. The first-order valence-corrected chi connectivity index (χ1v) is 8.80. The minimum absolute atomic E-state index is 0.0226. The van der Waals surface area contributed by atoms with Crippen LogP contribution in [0.1, 0.15) is 30.3 Å². The van der Waals surface area contributed by atoms with E-state index in [1.54, 1.807) is 5.38 Å². The minimum Gasteiger partial charge on any atom is -0.494 e. The van der Waals surface area contributed by atoms with Gasteiger partial charge in [0.05, 0.1) is 13.2 Å². The van der Waals surface area contributed by atoms with E-state index in [-0.39, 0.29) is 18.4 Å². The van der Waals surface area contributed by atoms with Gasteiger partial charge in [-0.15, -0.1) is 11.3 Å². The Balaban J connectivity index is 1.57. The fraction of sp³-hybridized carbons (Fsp3) is 0.353. The number of hydrogen-bond acceptors (Lipinski definition) is 5. The first-order valence-electron chi connectivity index (χ1n) is 7.92. The summed E-state index contributed by atoms with van der Waals surface area (Å²) in [4.78, 5) is 28.0. The molecule has 0 saturated heterocycles. The van der Waals surface area contributed by atoms with Gasteiger partial charge in [0.2, 0.25) is 5.91 Å². The maximum Gasteiger partial charge on any atom is 0.271 e. The second-order valence-electron chi connectivity index (χ2n) is 5.52. The zero-order valence-corrected chi connectivity index (χ0v) is 14.2. The molecule has 0 bridgehead atoms. The van der Waals surface area contributed by atoms with Gasteiger partial charge in [0, 0.05) is 17.0 Å². The lowest BCUT2D eigenvalue weighted by Crippen LogP contribution is -2.37. The molecule has 126 valence electrons. The third-order valence-electron chi connectivity index (χ3n) is 3.50. The highest BCUT2D eigenvalue weighted by molar-refractivity contribution is 7.13. The Hall–Kier alpha value is -2.41. The van der Waals surface area contributed by atoms with E-state index in [2.05, 4.69) is 15.6 Å². The summed E-state index contributed by atoms with van der Waals surface area (Å²) in [5, 5.41) is 7.87. The average molecular weight is 345 g/mol. The van der Waals surface area contributed by atoms with Gasteiger partial charge in [0.25, 0.3) is 5.91 Å². The molecular weight excluding hydrogens is 326 g/mol. The monoisotopic (exact) mass is 345 g/mol. The summed E-state index contributed by atoms with van der Waals surface area (Å²) in [7, 11) is 0. The standard InChI is InChI=1S/C17H19N3O3S/c1-2-23-13-7-3-11(4-8-13)17-20-14(10-24-17)16(22)18-9-15(21)19-12-5-6-12/h3-4,7-8,10,12H,2,5-6,9H2,1H3,(H,18,22)(H,19,21). The predicted octanol–water partition coefficient (Wildman–Crippen LogP) is 2.22. The van der Waals surface area contributed by atoms with Crippen molar-refractivity contribution in [3.63, 3.8) is 0 Å². The number of ether oxygens (including phenoxy) is 1. The zero-order chi connectivity index (χ0) is 16.9. The van der Waals surface area contributed by atoms with Crippen LogP contribution in [0, 0.1) is 0 Å². The molecule has 1 aliphatic carbocycles. The summed E-state index contributed by atoms with van der Waals surface area (Å²) in [5.41, 5.74) is 1.25. The van der Waals surface area contributed by atoms with Crippen LogP contribution in [0.4, 0.5) is 0 Å². The van der Waals surface area contributed by atoms with Crippen molar-refractivity contribution >= 4 is 23.2 Å². The second kappa shape index (κ2) is 7.44. The van der Waals surface area contributed by atoms with Crippen LogP contribution in [-0.2, 0) is 4.79 Å². The Morgan fingerprint density at radius 3 is 2.71 bits per heavy atom. The number of amides is 2. The molecule has 2 N–H and O–H groups in total. The molecule has 1 fully saturated rings. The molecule has 3 rings (SSSR count). The van der Waals surface area contributed by atoms with Gasteiger partial charge < -0.3 is 15.4 Å². The molecule has 2 amide bonds. The molecule has 24 heavy (non-hydrogen) atoms. The minimum atomic E-state index is -0.339. The molecule has 1 heterocycles. The lowest BCUT2D eigenvalue weighted by Gasteiger charge is -2.04. The van der Waals surface area contributed by atoms with Gasteiger partial charge in [-0.2, -0.15) is 0 Å². The van der Waals surface area contributed by atoms with Crippen LogP contribution in [0.2, 0.25) is 0 Å². The number of thiazole rings is 1. The number of hydrogen-bond donors (Lipinski definition) is 2. The molecule has 0 atom stereocenters. The van der Waals surface area contributed by atoms with Crippen molar-refractivity contribution in [3.05, 3.63) is 35.3 Å². The highest BCUT2D eigenvalue weighted by Crippen LogP contribution is 2.25. The first-order chi connectivity index (χ1) is 11.7. The predicted molar refractivity (Wildman–Crippen MR) is 92.2 cm³/mol. The van der Waals surface area contributed by atoms with Gasteiger partial charge in [-0.3, -0.25) is 9.59 Å². The summed E-state index contributed by atoms with van der Waals surface area (Å²) < 4.78 is 5.41. The molecule has 1 aromatic heterocycles.